The van der Waals surface area contributed by atoms with E-state index < -0.39 is 0 Å². The summed E-state index contributed by atoms with van der Waals surface area (Å²) in [6.07, 6.45) is 4.16. The van der Waals surface area contributed by atoms with Crippen LogP contribution in [0.15, 0.2) is 54.0 Å². The van der Waals surface area contributed by atoms with Crippen molar-refractivity contribution in [3.05, 3.63) is 65.2 Å². The third-order valence-electron chi connectivity index (χ3n) is 3.65. The summed E-state index contributed by atoms with van der Waals surface area (Å²) in [6.45, 7) is 3.23. The van der Waals surface area contributed by atoms with Crippen molar-refractivity contribution in [2.75, 3.05) is 6.54 Å². The number of hydrogen-bond donors (Lipinski definition) is 1. The second kappa shape index (κ2) is 6.83. The lowest BCUT2D eigenvalue weighted by Crippen LogP contribution is -2.24. The maximum absolute atomic E-state index is 4.58. The summed E-state index contributed by atoms with van der Waals surface area (Å²) in [4.78, 5) is 4.58. The van der Waals surface area contributed by atoms with E-state index in [0.717, 1.165) is 24.9 Å². The van der Waals surface area contributed by atoms with E-state index in [9.17, 15) is 0 Å². The molecule has 3 rings (SSSR count). The highest BCUT2D eigenvalue weighted by atomic mass is 32.1. The van der Waals surface area contributed by atoms with E-state index in [-0.39, 0.29) is 0 Å². The maximum atomic E-state index is 4.58. The first-order valence-corrected chi connectivity index (χ1v) is 8.35. The van der Waals surface area contributed by atoms with Gasteiger partial charge in [-0.25, -0.2) is 0 Å². The Hall–Kier alpha value is -1.71. The van der Waals surface area contributed by atoms with Crippen LogP contribution in [0.3, 0.4) is 0 Å². The molecule has 3 aromatic rings. The zero-order valence-corrected chi connectivity index (χ0v) is 13.1. The van der Waals surface area contributed by atoms with Crippen LogP contribution in [-0.4, -0.2) is 11.5 Å². The van der Waals surface area contributed by atoms with Crippen LogP contribution in [0.25, 0.3) is 10.2 Å². The van der Waals surface area contributed by atoms with Crippen LogP contribution in [0, 0.1) is 0 Å². The molecule has 1 aromatic carbocycles. The number of pyridine rings is 1. The smallest absolute Gasteiger partial charge is 0.0809 e. The Labute approximate surface area is 129 Å². The normalized spacial score (nSPS) is 12.6. The van der Waals surface area contributed by atoms with E-state index in [2.05, 4.69) is 65.1 Å². The number of rotatable bonds is 6. The van der Waals surface area contributed by atoms with Gasteiger partial charge in [0, 0.05) is 12.2 Å². The quantitative estimate of drug-likeness (QED) is 0.720. The van der Waals surface area contributed by atoms with Crippen LogP contribution in [0.5, 0.6) is 0 Å². The molecule has 0 fully saturated rings. The first-order valence-electron chi connectivity index (χ1n) is 7.47. The molecule has 2 heterocycles. The Morgan fingerprint density at radius 2 is 2.05 bits per heavy atom. The van der Waals surface area contributed by atoms with Crippen molar-refractivity contribution in [3.63, 3.8) is 0 Å². The van der Waals surface area contributed by atoms with Crippen LogP contribution in [0.4, 0.5) is 0 Å². The number of fused-ring (bicyclic) bond motifs is 1. The van der Waals surface area contributed by atoms with Gasteiger partial charge in [-0.3, -0.25) is 4.98 Å². The van der Waals surface area contributed by atoms with E-state index in [1.54, 1.807) is 11.3 Å². The Bertz CT molecular complexity index is 691. The molecule has 1 unspecified atom stereocenters. The minimum atomic E-state index is 0.325. The summed E-state index contributed by atoms with van der Waals surface area (Å²) >= 11 is 1.76. The fraction of sp³-hybridized carbons (Fsp3) is 0.278. The van der Waals surface area contributed by atoms with Crippen molar-refractivity contribution in [2.45, 2.75) is 25.8 Å². The topological polar surface area (TPSA) is 24.9 Å². The average Bonchev–Trinajstić information content (AvgIpc) is 3.00. The van der Waals surface area contributed by atoms with Gasteiger partial charge in [0.25, 0.3) is 0 Å². The van der Waals surface area contributed by atoms with E-state index in [1.807, 2.05) is 6.20 Å². The van der Waals surface area contributed by atoms with Gasteiger partial charge in [0.15, 0.2) is 0 Å². The van der Waals surface area contributed by atoms with Crippen molar-refractivity contribution in [3.8, 4) is 0 Å². The van der Waals surface area contributed by atoms with E-state index >= 15 is 0 Å². The highest BCUT2D eigenvalue weighted by Gasteiger charge is 2.13. The Kier molecular flexibility index (Phi) is 4.63. The van der Waals surface area contributed by atoms with E-state index in [4.69, 9.17) is 0 Å². The highest BCUT2D eigenvalue weighted by molar-refractivity contribution is 7.17. The molecule has 108 valence electrons. The highest BCUT2D eigenvalue weighted by Crippen LogP contribution is 2.24. The summed E-state index contributed by atoms with van der Waals surface area (Å²) in [7, 11) is 0. The minimum absolute atomic E-state index is 0.325. The number of benzene rings is 1. The summed E-state index contributed by atoms with van der Waals surface area (Å²) in [5, 5.41) is 5.76. The molecule has 0 amide bonds. The van der Waals surface area contributed by atoms with Gasteiger partial charge >= 0.3 is 0 Å². The molecule has 2 nitrogen and oxygen atoms in total. The predicted molar refractivity (Wildman–Crippen MR) is 90.8 cm³/mol. The first kappa shape index (κ1) is 14.2. The summed E-state index contributed by atoms with van der Waals surface area (Å²) in [5.41, 5.74) is 3.73. The first-order chi connectivity index (χ1) is 10.4. The lowest BCUT2D eigenvalue weighted by Gasteiger charge is -2.19. The molecule has 0 aliphatic carbocycles. The third kappa shape index (κ3) is 3.49. The van der Waals surface area contributed by atoms with Crippen LogP contribution in [-0.2, 0) is 6.42 Å². The largest absolute Gasteiger partial charge is 0.310 e. The fourth-order valence-electron chi connectivity index (χ4n) is 2.53. The fourth-order valence-corrected chi connectivity index (χ4v) is 3.32. The van der Waals surface area contributed by atoms with Crippen LogP contribution < -0.4 is 5.32 Å². The maximum Gasteiger partial charge on any atom is 0.0809 e. The molecule has 0 aliphatic rings. The van der Waals surface area contributed by atoms with Gasteiger partial charge in [0.05, 0.1) is 10.2 Å². The Balaban J connectivity index is 1.86. The van der Waals surface area contributed by atoms with Gasteiger partial charge in [-0.05, 0) is 48.0 Å². The molecule has 0 saturated carbocycles. The molecule has 0 aliphatic heterocycles. The molecular formula is C18H20N2S. The number of nitrogens with zero attached hydrogens (tertiary/aromatic N) is 1. The molecular weight excluding hydrogens is 276 g/mol. The molecule has 1 N–H and O–H groups in total. The van der Waals surface area contributed by atoms with Crippen LogP contribution in [0.2, 0.25) is 0 Å². The van der Waals surface area contributed by atoms with Crippen molar-refractivity contribution in [1.29, 1.82) is 0 Å². The second-order valence-electron chi connectivity index (χ2n) is 5.27. The van der Waals surface area contributed by atoms with Gasteiger partial charge in [0.1, 0.15) is 0 Å². The SMILES string of the molecule is CCCNC(Cc1ccccc1)c1cnc2ccsc2c1. The van der Waals surface area contributed by atoms with Crippen molar-refractivity contribution in [1.82, 2.24) is 10.3 Å². The molecule has 0 spiro atoms. The summed E-state index contributed by atoms with van der Waals surface area (Å²) in [5.74, 6) is 0. The van der Waals surface area contributed by atoms with E-state index in [1.165, 1.54) is 15.8 Å². The zero-order chi connectivity index (χ0) is 14.5. The average molecular weight is 296 g/mol. The lowest BCUT2D eigenvalue weighted by molar-refractivity contribution is 0.528. The van der Waals surface area contributed by atoms with Crippen molar-refractivity contribution in [2.24, 2.45) is 0 Å². The predicted octanol–water partition coefficient (Wildman–Crippen LogP) is 4.58. The molecule has 0 radical (unpaired) electrons. The standard InChI is InChI=1S/C18H20N2S/c1-2-9-19-17(11-14-6-4-3-5-7-14)15-12-18-16(20-13-15)8-10-21-18/h3-8,10,12-13,17,19H,2,9,11H2,1H3. The minimum Gasteiger partial charge on any atom is -0.310 e. The molecule has 3 heteroatoms. The van der Waals surface area contributed by atoms with Gasteiger partial charge in [-0.1, -0.05) is 37.3 Å². The lowest BCUT2D eigenvalue weighted by atomic mass is 10.00. The molecule has 21 heavy (non-hydrogen) atoms. The molecule has 1 atom stereocenters. The monoisotopic (exact) mass is 296 g/mol. The third-order valence-corrected chi connectivity index (χ3v) is 4.50. The van der Waals surface area contributed by atoms with Gasteiger partial charge in [-0.15, -0.1) is 11.3 Å². The van der Waals surface area contributed by atoms with E-state index in [0.29, 0.717) is 6.04 Å². The van der Waals surface area contributed by atoms with Crippen LogP contribution >= 0.6 is 11.3 Å². The molecule has 0 bridgehead atoms. The van der Waals surface area contributed by atoms with Gasteiger partial charge < -0.3 is 5.32 Å². The summed E-state index contributed by atoms with van der Waals surface area (Å²) < 4.78 is 1.27. The van der Waals surface area contributed by atoms with Crippen molar-refractivity contribution < 1.29 is 0 Å². The van der Waals surface area contributed by atoms with Gasteiger partial charge in [0.2, 0.25) is 0 Å². The number of aromatic nitrogens is 1. The number of thiophene rings is 1. The van der Waals surface area contributed by atoms with Gasteiger partial charge in [-0.2, -0.15) is 0 Å². The second-order valence-corrected chi connectivity index (χ2v) is 6.22. The Morgan fingerprint density at radius 1 is 1.19 bits per heavy atom. The van der Waals surface area contributed by atoms with Crippen molar-refractivity contribution >= 4 is 21.6 Å². The molecule has 0 saturated heterocycles. The Morgan fingerprint density at radius 3 is 2.86 bits per heavy atom. The number of hydrogen-bond acceptors (Lipinski definition) is 3. The zero-order valence-electron chi connectivity index (χ0n) is 12.3. The summed E-state index contributed by atoms with van der Waals surface area (Å²) in [6, 6.07) is 15.3. The molecule has 2 aromatic heterocycles. The van der Waals surface area contributed by atoms with Crippen LogP contribution in [0.1, 0.15) is 30.5 Å². The number of nitrogens with one attached hydrogen (secondary N) is 1.